The molecule has 3 nitrogen and oxygen atoms in total. The minimum absolute atomic E-state index is 0.0268. The van der Waals surface area contributed by atoms with Gasteiger partial charge in [-0.2, -0.15) is 0 Å². The van der Waals surface area contributed by atoms with Gasteiger partial charge in [0.25, 0.3) is 0 Å². The third-order valence-electron chi connectivity index (χ3n) is 6.90. The van der Waals surface area contributed by atoms with Gasteiger partial charge in [-0.1, -0.05) is 82.0 Å². The summed E-state index contributed by atoms with van der Waals surface area (Å²) in [5.41, 5.74) is 3.30. The van der Waals surface area contributed by atoms with Crippen molar-refractivity contribution in [3.8, 4) is 0 Å². The van der Waals surface area contributed by atoms with E-state index in [0.29, 0.717) is 5.56 Å². The number of carbonyl (C=O) groups is 1. The molecule has 0 amide bonds. The fraction of sp³-hybridized carbons (Fsp3) is 0.444. The lowest BCUT2D eigenvalue weighted by Gasteiger charge is -2.37. The second-order valence-electron chi connectivity index (χ2n) is 8.67. The fourth-order valence-electron chi connectivity index (χ4n) is 5.42. The van der Waals surface area contributed by atoms with Gasteiger partial charge in [-0.25, -0.2) is 4.79 Å². The molecule has 158 valence electrons. The minimum Gasteiger partial charge on any atom is -0.445 e. The van der Waals surface area contributed by atoms with Gasteiger partial charge >= 0.3 is 5.97 Å². The maximum absolute atomic E-state index is 12.7. The number of carbonyl (C=O) groups excluding carboxylic acids is 1. The van der Waals surface area contributed by atoms with Crippen LogP contribution in [0.1, 0.15) is 79.8 Å². The molecule has 0 fully saturated rings. The number of ether oxygens (including phenoxy) is 1. The van der Waals surface area contributed by atoms with Crippen LogP contribution in [0.5, 0.6) is 0 Å². The van der Waals surface area contributed by atoms with E-state index in [9.17, 15) is 4.79 Å². The predicted octanol–water partition coefficient (Wildman–Crippen LogP) is 6.59. The van der Waals surface area contributed by atoms with Crippen molar-refractivity contribution in [3.63, 3.8) is 0 Å². The first-order chi connectivity index (χ1) is 14.6. The fourth-order valence-corrected chi connectivity index (χ4v) is 5.42. The zero-order chi connectivity index (χ0) is 21.1. The van der Waals surface area contributed by atoms with Crippen LogP contribution in [0.15, 0.2) is 61.2 Å². The highest BCUT2D eigenvalue weighted by Gasteiger charge is 2.55. The standard InChI is InChI=1S/C27H33NO2/c1-4-6-7-8-9-14-19-28-20(3)25(22-16-11-13-18-24(22)28)27(5-2)23-17-12-10-15-21(23)26(29)30-27/h5,10-13,15-18,20,25H,2,4,6-9,14,19H2,1,3H3. The van der Waals surface area contributed by atoms with E-state index in [1.54, 1.807) is 0 Å². The van der Waals surface area contributed by atoms with E-state index in [1.807, 2.05) is 30.3 Å². The van der Waals surface area contributed by atoms with Crippen LogP contribution < -0.4 is 4.90 Å². The van der Waals surface area contributed by atoms with Crippen molar-refractivity contribution in [2.24, 2.45) is 0 Å². The van der Waals surface area contributed by atoms with Gasteiger partial charge in [-0.3, -0.25) is 0 Å². The van der Waals surface area contributed by atoms with Crippen LogP contribution in [-0.2, 0) is 10.3 Å². The number of unbranched alkanes of at least 4 members (excludes halogenated alkanes) is 5. The summed E-state index contributed by atoms with van der Waals surface area (Å²) in [6.07, 6.45) is 9.55. The van der Waals surface area contributed by atoms with Crippen LogP contribution in [0, 0.1) is 0 Å². The van der Waals surface area contributed by atoms with Crippen LogP contribution >= 0.6 is 0 Å². The number of anilines is 1. The number of benzene rings is 2. The summed E-state index contributed by atoms with van der Waals surface area (Å²) in [5.74, 6) is -0.219. The Kier molecular flexibility index (Phi) is 5.99. The Bertz CT molecular complexity index is 921. The van der Waals surface area contributed by atoms with E-state index < -0.39 is 5.60 Å². The number of hydrogen-bond acceptors (Lipinski definition) is 3. The van der Waals surface area contributed by atoms with Gasteiger partial charge in [-0.05, 0) is 37.1 Å². The lowest BCUT2D eigenvalue weighted by Crippen LogP contribution is -2.41. The molecule has 30 heavy (non-hydrogen) atoms. The Labute approximate surface area is 180 Å². The molecule has 4 rings (SSSR count). The summed E-state index contributed by atoms with van der Waals surface area (Å²) < 4.78 is 6.11. The molecule has 0 aromatic heterocycles. The number of para-hydroxylation sites is 1. The monoisotopic (exact) mass is 403 g/mol. The Morgan fingerprint density at radius 2 is 1.73 bits per heavy atom. The van der Waals surface area contributed by atoms with Crippen molar-refractivity contribution in [1.82, 2.24) is 0 Å². The summed E-state index contributed by atoms with van der Waals surface area (Å²) in [4.78, 5) is 15.2. The number of rotatable bonds is 9. The van der Waals surface area contributed by atoms with E-state index in [2.05, 4.69) is 49.6 Å². The average molecular weight is 404 g/mol. The van der Waals surface area contributed by atoms with Crippen LogP contribution in [0.4, 0.5) is 5.69 Å². The van der Waals surface area contributed by atoms with Crippen molar-refractivity contribution in [2.45, 2.75) is 69.9 Å². The molecule has 0 saturated heterocycles. The number of cyclic esters (lactones) is 1. The third-order valence-corrected chi connectivity index (χ3v) is 6.90. The van der Waals surface area contributed by atoms with Crippen molar-refractivity contribution in [2.75, 3.05) is 11.4 Å². The van der Waals surface area contributed by atoms with E-state index >= 15 is 0 Å². The number of nitrogens with zero attached hydrogens (tertiary/aromatic N) is 1. The van der Waals surface area contributed by atoms with E-state index in [0.717, 1.165) is 12.1 Å². The molecular weight excluding hydrogens is 370 g/mol. The normalized spacial score (nSPS) is 24.5. The first-order valence-electron chi connectivity index (χ1n) is 11.5. The maximum Gasteiger partial charge on any atom is 0.339 e. The molecule has 2 heterocycles. The number of hydrogen-bond donors (Lipinski definition) is 0. The third kappa shape index (κ3) is 3.34. The summed E-state index contributed by atoms with van der Waals surface area (Å²) in [7, 11) is 0. The van der Waals surface area contributed by atoms with Crippen LogP contribution in [-0.4, -0.2) is 18.6 Å². The summed E-state index contributed by atoms with van der Waals surface area (Å²) in [6.45, 7) is 9.69. The molecule has 0 aliphatic carbocycles. The summed E-state index contributed by atoms with van der Waals surface area (Å²) in [6, 6.07) is 16.6. The van der Waals surface area contributed by atoms with Gasteiger partial charge in [0, 0.05) is 23.8 Å². The molecule has 0 bridgehead atoms. The van der Waals surface area contributed by atoms with Gasteiger partial charge in [0.15, 0.2) is 5.60 Å². The maximum atomic E-state index is 12.7. The lowest BCUT2D eigenvalue weighted by molar-refractivity contribution is 0.000414. The Hall–Kier alpha value is -2.55. The first-order valence-corrected chi connectivity index (χ1v) is 11.5. The second-order valence-corrected chi connectivity index (χ2v) is 8.67. The molecule has 3 heteroatoms. The smallest absolute Gasteiger partial charge is 0.339 e. The van der Waals surface area contributed by atoms with E-state index in [-0.39, 0.29) is 17.9 Å². The summed E-state index contributed by atoms with van der Waals surface area (Å²) in [5, 5.41) is 0. The van der Waals surface area contributed by atoms with Crippen molar-refractivity contribution < 1.29 is 9.53 Å². The molecular formula is C27H33NO2. The minimum atomic E-state index is -0.820. The van der Waals surface area contributed by atoms with Gasteiger partial charge in [0.1, 0.15) is 0 Å². The zero-order valence-electron chi connectivity index (χ0n) is 18.3. The molecule has 2 aliphatic rings. The highest BCUT2D eigenvalue weighted by Crippen LogP contribution is 2.55. The molecule has 3 unspecified atom stereocenters. The van der Waals surface area contributed by atoms with Crippen LogP contribution in [0.3, 0.4) is 0 Å². The summed E-state index contributed by atoms with van der Waals surface area (Å²) >= 11 is 0. The topological polar surface area (TPSA) is 29.5 Å². The Morgan fingerprint density at radius 1 is 1.03 bits per heavy atom. The molecule has 2 aromatic carbocycles. The Morgan fingerprint density at radius 3 is 2.53 bits per heavy atom. The molecule has 0 N–H and O–H groups in total. The van der Waals surface area contributed by atoms with E-state index in [4.69, 9.17) is 4.74 Å². The SMILES string of the molecule is C=CC1(C2c3ccccc3N(CCCCCCCC)C2C)OC(=O)c2ccccc21. The quantitative estimate of drug-likeness (QED) is 0.269. The highest BCUT2D eigenvalue weighted by atomic mass is 16.6. The molecule has 2 aliphatic heterocycles. The average Bonchev–Trinajstić information content (AvgIpc) is 3.22. The van der Waals surface area contributed by atoms with Crippen molar-refractivity contribution in [1.29, 1.82) is 0 Å². The van der Waals surface area contributed by atoms with Crippen molar-refractivity contribution in [3.05, 3.63) is 77.9 Å². The molecule has 3 atom stereocenters. The highest BCUT2D eigenvalue weighted by molar-refractivity contribution is 5.95. The molecule has 0 spiro atoms. The molecule has 2 aromatic rings. The molecule has 0 saturated carbocycles. The Balaban J connectivity index is 1.63. The second kappa shape index (κ2) is 8.67. The first kappa shape index (κ1) is 20.7. The van der Waals surface area contributed by atoms with Gasteiger partial charge in [-0.15, -0.1) is 0 Å². The van der Waals surface area contributed by atoms with Crippen molar-refractivity contribution >= 4 is 11.7 Å². The van der Waals surface area contributed by atoms with Crippen LogP contribution in [0.25, 0.3) is 0 Å². The van der Waals surface area contributed by atoms with Crippen LogP contribution in [0.2, 0.25) is 0 Å². The number of esters is 1. The predicted molar refractivity (Wildman–Crippen MR) is 123 cm³/mol. The largest absolute Gasteiger partial charge is 0.445 e. The van der Waals surface area contributed by atoms with Gasteiger partial charge < -0.3 is 9.64 Å². The van der Waals surface area contributed by atoms with E-state index in [1.165, 1.54) is 49.8 Å². The van der Waals surface area contributed by atoms with Gasteiger partial charge in [0.05, 0.1) is 11.5 Å². The zero-order valence-corrected chi connectivity index (χ0v) is 18.3. The van der Waals surface area contributed by atoms with Gasteiger partial charge in [0.2, 0.25) is 0 Å². The lowest BCUT2D eigenvalue weighted by atomic mass is 9.75. The molecule has 0 radical (unpaired) electrons. The number of fused-ring (bicyclic) bond motifs is 2.